The van der Waals surface area contributed by atoms with Crippen LogP contribution in [0, 0.1) is 5.82 Å². The van der Waals surface area contributed by atoms with Gasteiger partial charge in [-0.2, -0.15) is 0 Å². The highest BCUT2D eigenvalue weighted by Crippen LogP contribution is 2.51. The Morgan fingerprint density at radius 3 is 2.23 bits per heavy atom. The molecule has 2 aromatic rings. The van der Waals surface area contributed by atoms with Gasteiger partial charge in [0, 0.05) is 14.2 Å². The van der Waals surface area contributed by atoms with E-state index in [1.807, 2.05) is 30.3 Å². The summed E-state index contributed by atoms with van der Waals surface area (Å²) in [6.45, 7) is 0. The molecule has 6 heteroatoms. The molecule has 0 N–H and O–H groups in total. The normalized spacial score (nSPS) is 11.5. The van der Waals surface area contributed by atoms with E-state index in [4.69, 9.17) is 13.8 Å². The molecule has 0 aliphatic carbocycles. The van der Waals surface area contributed by atoms with E-state index in [-0.39, 0.29) is 11.9 Å². The van der Waals surface area contributed by atoms with E-state index in [0.29, 0.717) is 5.56 Å². The molecule has 2 rings (SSSR count). The maximum atomic E-state index is 14.0. The zero-order chi connectivity index (χ0) is 16.2. The SMILES string of the molecule is COc1cc(-c2ccccc2)c(CP(=O)(OC)OC)cc1F. The Bertz CT molecular complexity index is 680. The van der Waals surface area contributed by atoms with Gasteiger partial charge in [0.25, 0.3) is 0 Å². The quantitative estimate of drug-likeness (QED) is 0.735. The lowest BCUT2D eigenvalue weighted by Crippen LogP contribution is -1.99. The summed E-state index contributed by atoms with van der Waals surface area (Å²) in [6.07, 6.45) is -0.0227. The highest BCUT2D eigenvalue weighted by atomic mass is 31.2. The van der Waals surface area contributed by atoms with Crippen molar-refractivity contribution in [2.75, 3.05) is 21.3 Å². The first kappa shape index (κ1) is 16.7. The van der Waals surface area contributed by atoms with Crippen LogP contribution in [0.15, 0.2) is 42.5 Å². The van der Waals surface area contributed by atoms with Gasteiger partial charge < -0.3 is 13.8 Å². The zero-order valence-corrected chi connectivity index (χ0v) is 13.6. The Balaban J connectivity index is 2.57. The van der Waals surface area contributed by atoms with Crippen molar-refractivity contribution in [3.05, 3.63) is 53.8 Å². The van der Waals surface area contributed by atoms with Gasteiger partial charge in [-0.05, 0) is 28.8 Å². The molecule has 0 aliphatic heterocycles. The average molecular weight is 324 g/mol. The van der Waals surface area contributed by atoms with E-state index in [2.05, 4.69) is 0 Å². The van der Waals surface area contributed by atoms with E-state index in [9.17, 15) is 8.96 Å². The fraction of sp³-hybridized carbons (Fsp3) is 0.250. The van der Waals surface area contributed by atoms with Crippen LogP contribution >= 0.6 is 7.60 Å². The number of benzene rings is 2. The second-order valence-electron chi connectivity index (χ2n) is 4.64. The number of halogens is 1. The molecule has 0 bridgehead atoms. The molecule has 0 aromatic heterocycles. The topological polar surface area (TPSA) is 44.8 Å². The van der Waals surface area contributed by atoms with E-state index in [1.165, 1.54) is 27.4 Å². The summed E-state index contributed by atoms with van der Waals surface area (Å²) < 4.78 is 41.4. The van der Waals surface area contributed by atoms with Crippen LogP contribution in [0.1, 0.15) is 5.56 Å². The summed E-state index contributed by atoms with van der Waals surface area (Å²) in [7, 11) is 0.727. The monoisotopic (exact) mass is 324 g/mol. The molecule has 118 valence electrons. The predicted molar refractivity (Wildman–Crippen MR) is 83.7 cm³/mol. The smallest absolute Gasteiger partial charge is 0.334 e. The Morgan fingerprint density at radius 1 is 1.05 bits per heavy atom. The number of hydrogen-bond donors (Lipinski definition) is 0. The second kappa shape index (κ2) is 7.05. The minimum absolute atomic E-state index is 0.0227. The van der Waals surface area contributed by atoms with Gasteiger partial charge in [0.15, 0.2) is 11.6 Å². The van der Waals surface area contributed by atoms with Gasteiger partial charge in [0.2, 0.25) is 0 Å². The van der Waals surface area contributed by atoms with Crippen LogP contribution in [-0.4, -0.2) is 21.3 Å². The summed E-state index contributed by atoms with van der Waals surface area (Å²) in [5.74, 6) is -0.386. The van der Waals surface area contributed by atoms with Crippen molar-refractivity contribution in [2.24, 2.45) is 0 Å². The first-order valence-corrected chi connectivity index (χ1v) is 8.38. The number of rotatable bonds is 6. The average Bonchev–Trinajstić information content (AvgIpc) is 2.55. The van der Waals surface area contributed by atoms with E-state index in [1.54, 1.807) is 6.07 Å². The van der Waals surface area contributed by atoms with Crippen molar-refractivity contribution >= 4 is 7.60 Å². The molecule has 0 saturated heterocycles. The lowest BCUT2D eigenvalue weighted by atomic mass is 10.00. The first-order chi connectivity index (χ1) is 10.5. The highest BCUT2D eigenvalue weighted by molar-refractivity contribution is 7.52. The molecule has 0 fully saturated rings. The molecule has 0 radical (unpaired) electrons. The van der Waals surface area contributed by atoms with Crippen molar-refractivity contribution in [3.63, 3.8) is 0 Å². The molecular weight excluding hydrogens is 306 g/mol. The van der Waals surface area contributed by atoms with Gasteiger partial charge >= 0.3 is 7.60 Å². The third-order valence-corrected chi connectivity index (χ3v) is 5.22. The van der Waals surface area contributed by atoms with Crippen LogP contribution in [0.5, 0.6) is 5.75 Å². The fourth-order valence-electron chi connectivity index (χ4n) is 2.18. The Labute approximate surface area is 129 Å². The molecule has 0 heterocycles. The number of hydrogen-bond acceptors (Lipinski definition) is 4. The van der Waals surface area contributed by atoms with Gasteiger partial charge in [0.05, 0.1) is 13.3 Å². The number of ether oxygens (including phenoxy) is 1. The molecule has 0 aliphatic rings. The maximum Gasteiger partial charge on any atom is 0.334 e. The second-order valence-corrected chi connectivity index (χ2v) is 6.91. The molecule has 4 nitrogen and oxygen atoms in total. The molecule has 0 unspecified atom stereocenters. The summed E-state index contributed by atoms with van der Waals surface area (Å²) >= 11 is 0. The maximum absolute atomic E-state index is 14.0. The summed E-state index contributed by atoms with van der Waals surface area (Å²) in [6, 6.07) is 12.3. The molecular formula is C16H18FO4P. The third-order valence-electron chi connectivity index (χ3n) is 3.38. The van der Waals surface area contributed by atoms with E-state index < -0.39 is 13.4 Å². The molecule has 22 heavy (non-hydrogen) atoms. The van der Waals surface area contributed by atoms with Crippen LogP contribution in [0.25, 0.3) is 11.1 Å². The van der Waals surface area contributed by atoms with Crippen molar-refractivity contribution in [1.29, 1.82) is 0 Å². The summed E-state index contributed by atoms with van der Waals surface area (Å²) in [5.41, 5.74) is 2.14. The zero-order valence-electron chi connectivity index (χ0n) is 12.7. The number of methoxy groups -OCH3 is 1. The molecule has 0 saturated carbocycles. The molecule has 2 aromatic carbocycles. The van der Waals surface area contributed by atoms with Gasteiger partial charge in [0.1, 0.15) is 0 Å². The van der Waals surface area contributed by atoms with Crippen LogP contribution < -0.4 is 4.74 Å². The Hall–Kier alpha value is -1.68. The van der Waals surface area contributed by atoms with Crippen molar-refractivity contribution < 1.29 is 22.7 Å². The van der Waals surface area contributed by atoms with Gasteiger partial charge in [-0.3, -0.25) is 4.57 Å². The fourth-order valence-corrected chi connectivity index (χ4v) is 3.27. The van der Waals surface area contributed by atoms with E-state index >= 15 is 0 Å². The molecule has 0 spiro atoms. The first-order valence-electron chi connectivity index (χ1n) is 6.65. The lowest BCUT2D eigenvalue weighted by Gasteiger charge is -2.17. The predicted octanol–water partition coefficient (Wildman–Crippen LogP) is 4.49. The Kier molecular flexibility index (Phi) is 5.35. The van der Waals surface area contributed by atoms with Crippen molar-refractivity contribution in [1.82, 2.24) is 0 Å². The minimum atomic E-state index is -3.30. The van der Waals surface area contributed by atoms with Crippen LogP contribution in [0.4, 0.5) is 4.39 Å². The summed E-state index contributed by atoms with van der Waals surface area (Å²) in [5, 5.41) is 0. The standard InChI is InChI=1S/C16H18FO4P/c1-19-16-10-14(12-7-5-4-6-8-12)13(9-15(16)17)11-22(18,20-2)21-3/h4-10H,11H2,1-3H3. The largest absolute Gasteiger partial charge is 0.494 e. The van der Waals surface area contributed by atoms with Crippen LogP contribution in [-0.2, 0) is 19.8 Å². The van der Waals surface area contributed by atoms with Gasteiger partial charge in [-0.15, -0.1) is 0 Å². The van der Waals surface area contributed by atoms with Gasteiger partial charge in [-0.25, -0.2) is 4.39 Å². The minimum Gasteiger partial charge on any atom is -0.494 e. The Morgan fingerprint density at radius 2 is 1.68 bits per heavy atom. The molecule has 0 atom stereocenters. The highest BCUT2D eigenvalue weighted by Gasteiger charge is 2.25. The van der Waals surface area contributed by atoms with Crippen LogP contribution in [0.2, 0.25) is 0 Å². The van der Waals surface area contributed by atoms with Crippen LogP contribution in [0.3, 0.4) is 0 Å². The van der Waals surface area contributed by atoms with Crippen molar-refractivity contribution in [3.8, 4) is 16.9 Å². The lowest BCUT2D eigenvalue weighted by molar-refractivity contribution is 0.274. The summed E-state index contributed by atoms with van der Waals surface area (Å²) in [4.78, 5) is 0. The van der Waals surface area contributed by atoms with Gasteiger partial charge in [-0.1, -0.05) is 30.3 Å². The van der Waals surface area contributed by atoms with E-state index in [0.717, 1.165) is 11.1 Å². The molecule has 0 amide bonds. The third kappa shape index (κ3) is 3.55. The van der Waals surface area contributed by atoms with Crippen molar-refractivity contribution in [2.45, 2.75) is 6.16 Å².